The van der Waals surface area contributed by atoms with Gasteiger partial charge in [-0.1, -0.05) is 11.6 Å². The fourth-order valence-electron chi connectivity index (χ4n) is 2.91. The molecule has 112 valence electrons. The zero-order valence-electron chi connectivity index (χ0n) is 13.0. The molecule has 1 unspecified atom stereocenters. The first-order valence-electron chi connectivity index (χ1n) is 7.39. The topological polar surface area (TPSA) is 18.5 Å². The van der Waals surface area contributed by atoms with Crippen LogP contribution in [0, 0.1) is 5.92 Å². The van der Waals surface area contributed by atoms with Crippen LogP contribution in [0.4, 0.5) is 11.4 Å². The van der Waals surface area contributed by atoms with Crippen LogP contribution in [-0.4, -0.2) is 45.2 Å². The van der Waals surface area contributed by atoms with Gasteiger partial charge in [0, 0.05) is 25.2 Å². The highest BCUT2D eigenvalue weighted by molar-refractivity contribution is 6.31. The lowest BCUT2D eigenvalue weighted by Gasteiger charge is -2.34. The molecular weight excluding hydrogens is 270 g/mol. The summed E-state index contributed by atoms with van der Waals surface area (Å²) in [5, 5.41) is 4.46. The van der Waals surface area contributed by atoms with Crippen molar-refractivity contribution in [2.75, 3.05) is 44.4 Å². The minimum atomic E-state index is 0.473. The summed E-state index contributed by atoms with van der Waals surface area (Å²) in [7, 11) is 6.33. The van der Waals surface area contributed by atoms with Gasteiger partial charge in [-0.3, -0.25) is 0 Å². The van der Waals surface area contributed by atoms with Crippen LogP contribution in [0.5, 0.6) is 0 Å². The summed E-state index contributed by atoms with van der Waals surface area (Å²) in [4.78, 5) is 4.54. The third-order valence-corrected chi connectivity index (χ3v) is 4.53. The molecule has 2 rings (SSSR count). The van der Waals surface area contributed by atoms with Crippen molar-refractivity contribution in [3.8, 4) is 0 Å². The van der Waals surface area contributed by atoms with Crippen molar-refractivity contribution >= 4 is 23.0 Å². The molecule has 0 radical (unpaired) electrons. The van der Waals surface area contributed by atoms with E-state index in [1.54, 1.807) is 0 Å². The summed E-state index contributed by atoms with van der Waals surface area (Å²) in [5.41, 5.74) is 2.32. The molecule has 0 saturated carbocycles. The fraction of sp³-hybridized carbons (Fsp3) is 0.625. The van der Waals surface area contributed by atoms with Crippen molar-refractivity contribution in [3.05, 3.63) is 23.2 Å². The zero-order chi connectivity index (χ0) is 14.7. The van der Waals surface area contributed by atoms with E-state index in [2.05, 4.69) is 49.2 Å². The highest BCUT2D eigenvalue weighted by Crippen LogP contribution is 2.30. The van der Waals surface area contributed by atoms with E-state index in [1.165, 1.54) is 31.6 Å². The third-order valence-electron chi connectivity index (χ3n) is 4.29. The first-order chi connectivity index (χ1) is 9.47. The zero-order valence-corrected chi connectivity index (χ0v) is 13.7. The Morgan fingerprint density at radius 2 is 1.95 bits per heavy atom. The number of hydrogen-bond donors (Lipinski definition) is 1. The van der Waals surface area contributed by atoms with E-state index >= 15 is 0 Å². The molecule has 1 saturated heterocycles. The van der Waals surface area contributed by atoms with Gasteiger partial charge >= 0.3 is 0 Å². The lowest BCUT2D eigenvalue weighted by atomic mass is 9.90. The van der Waals surface area contributed by atoms with Crippen molar-refractivity contribution in [1.29, 1.82) is 0 Å². The number of halogens is 1. The molecule has 1 heterocycles. The Morgan fingerprint density at radius 3 is 2.55 bits per heavy atom. The SMILES string of the molecule is CC(Nc1cc(Cl)ccc1N(C)C)C1CCN(C)CC1. The molecule has 20 heavy (non-hydrogen) atoms. The monoisotopic (exact) mass is 295 g/mol. The van der Waals surface area contributed by atoms with Crippen molar-refractivity contribution in [3.63, 3.8) is 0 Å². The van der Waals surface area contributed by atoms with Crippen LogP contribution < -0.4 is 10.2 Å². The quantitative estimate of drug-likeness (QED) is 0.916. The first-order valence-corrected chi connectivity index (χ1v) is 7.77. The molecular formula is C16H26ClN3. The van der Waals surface area contributed by atoms with E-state index in [0.29, 0.717) is 6.04 Å². The van der Waals surface area contributed by atoms with Crippen LogP contribution in [0.25, 0.3) is 0 Å². The molecule has 4 heteroatoms. The fourth-order valence-corrected chi connectivity index (χ4v) is 3.08. The number of piperidine rings is 1. The maximum atomic E-state index is 6.14. The second-order valence-electron chi connectivity index (χ2n) is 6.13. The molecule has 1 aliphatic rings. The van der Waals surface area contributed by atoms with Gasteiger partial charge < -0.3 is 15.1 Å². The lowest BCUT2D eigenvalue weighted by Crippen LogP contribution is -2.37. The van der Waals surface area contributed by atoms with Gasteiger partial charge in [0.1, 0.15) is 0 Å². The molecule has 0 bridgehead atoms. The van der Waals surface area contributed by atoms with E-state index in [0.717, 1.165) is 16.6 Å². The second kappa shape index (κ2) is 6.68. The highest BCUT2D eigenvalue weighted by atomic mass is 35.5. The van der Waals surface area contributed by atoms with Gasteiger partial charge in [0.2, 0.25) is 0 Å². The molecule has 1 aliphatic heterocycles. The standard InChI is InChI=1S/C16H26ClN3/c1-12(13-7-9-20(4)10-8-13)18-15-11-14(17)5-6-16(15)19(2)3/h5-6,11-13,18H,7-10H2,1-4H3. The Kier molecular flexibility index (Phi) is 5.17. The average molecular weight is 296 g/mol. The third kappa shape index (κ3) is 3.80. The summed E-state index contributed by atoms with van der Waals surface area (Å²) in [6.07, 6.45) is 2.53. The number of anilines is 2. The second-order valence-corrected chi connectivity index (χ2v) is 6.57. The lowest BCUT2D eigenvalue weighted by molar-refractivity contribution is 0.208. The summed E-state index contributed by atoms with van der Waals surface area (Å²) in [6, 6.07) is 6.53. The molecule has 0 aliphatic carbocycles. The molecule has 1 fully saturated rings. The summed E-state index contributed by atoms with van der Waals surface area (Å²) in [5.74, 6) is 0.736. The molecule has 1 atom stereocenters. The number of nitrogens with one attached hydrogen (secondary N) is 1. The van der Waals surface area contributed by atoms with E-state index in [1.807, 2.05) is 12.1 Å². The van der Waals surface area contributed by atoms with Gasteiger partial charge in [0.25, 0.3) is 0 Å². The van der Waals surface area contributed by atoms with E-state index < -0.39 is 0 Å². The molecule has 1 N–H and O–H groups in total. The summed E-state index contributed by atoms with van der Waals surface area (Å²) >= 11 is 6.14. The van der Waals surface area contributed by atoms with E-state index in [9.17, 15) is 0 Å². The smallest absolute Gasteiger partial charge is 0.0597 e. The predicted molar refractivity (Wildman–Crippen MR) is 89.1 cm³/mol. The number of likely N-dealkylation sites (tertiary alicyclic amines) is 1. The number of nitrogens with zero attached hydrogens (tertiary/aromatic N) is 2. The minimum absolute atomic E-state index is 0.473. The number of benzene rings is 1. The van der Waals surface area contributed by atoms with Crippen molar-refractivity contribution in [1.82, 2.24) is 4.90 Å². The van der Waals surface area contributed by atoms with Crippen molar-refractivity contribution in [2.45, 2.75) is 25.8 Å². The number of rotatable bonds is 4. The van der Waals surface area contributed by atoms with Crippen molar-refractivity contribution < 1.29 is 0 Å². The minimum Gasteiger partial charge on any atom is -0.381 e. The molecule has 1 aromatic rings. The summed E-state index contributed by atoms with van der Waals surface area (Å²) < 4.78 is 0. The van der Waals surface area contributed by atoms with Crippen LogP contribution in [0.3, 0.4) is 0 Å². The normalized spacial score (nSPS) is 18.9. The Balaban J connectivity index is 2.07. The average Bonchev–Trinajstić information content (AvgIpc) is 2.39. The van der Waals surface area contributed by atoms with Crippen LogP contribution in [0.1, 0.15) is 19.8 Å². The van der Waals surface area contributed by atoms with Crippen LogP contribution >= 0.6 is 11.6 Å². The first kappa shape index (κ1) is 15.5. The Bertz CT molecular complexity index is 439. The van der Waals surface area contributed by atoms with Gasteiger partial charge in [-0.25, -0.2) is 0 Å². The van der Waals surface area contributed by atoms with E-state index in [-0.39, 0.29) is 0 Å². The summed E-state index contributed by atoms with van der Waals surface area (Å²) in [6.45, 7) is 4.69. The van der Waals surface area contributed by atoms with Gasteiger partial charge in [0.05, 0.1) is 11.4 Å². The number of hydrogen-bond acceptors (Lipinski definition) is 3. The predicted octanol–water partition coefficient (Wildman–Crippen LogP) is 3.55. The molecule has 0 aromatic heterocycles. The van der Waals surface area contributed by atoms with Crippen LogP contribution in [0.2, 0.25) is 5.02 Å². The van der Waals surface area contributed by atoms with Gasteiger partial charge in [0.15, 0.2) is 0 Å². The Labute approximate surface area is 127 Å². The maximum absolute atomic E-state index is 6.14. The van der Waals surface area contributed by atoms with E-state index in [4.69, 9.17) is 11.6 Å². The van der Waals surface area contributed by atoms with Crippen molar-refractivity contribution in [2.24, 2.45) is 5.92 Å². The largest absolute Gasteiger partial charge is 0.381 e. The van der Waals surface area contributed by atoms with Gasteiger partial charge in [-0.05, 0) is 64.0 Å². The van der Waals surface area contributed by atoms with Crippen LogP contribution in [-0.2, 0) is 0 Å². The van der Waals surface area contributed by atoms with Gasteiger partial charge in [-0.2, -0.15) is 0 Å². The molecule has 0 spiro atoms. The molecule has 1 aromatic carbocycles. The maximum Gasteiger partial charge on any atom is 0.0597 e. The Hall–Kier alpha value is -0.930. The van der Waals surface area contributed by atoms with Gasteiger partial charge in [-0.15, -0.1) is 0 Å². The molecule has 0 amide bonds. The highest BCUT2D eigenvalue weighted by Gasteiger charge is 2.22. The molecule has 3 nitrogen and oxygen atoms in total. The van der Waals surface area contributed by atoms with Crippen LogP contribution in [0.15, 0.2) is 18.2 Å². The Morgan fingerprint density at radius 1 is 1.30 bits per heavy atom.